The Hall–Kier alpha value is -2.76. The molecule has 22 heavy (non-hydrogen) atoms. The van der Waals surface area contributed by atoms with E-state index in [4.69, 9.17) is 5.73 Å². The molecule has 3 N–H and O–H groups in total. The van der Waals surface area contributed by atoms with Gasteiger partial charge in [0.05, 0.1) is 16.6 Å². The molecular formula is C16H15FN4O. The van der Waals surface area contributed by atoms with Crippen LogP contribution in [0.1, 0.15) is 25.5 Å². The van der Waals surface area contributed by atoms with Gasteiger partial charge in [0.2, 0.25) is 5.95 Å². The van der Waals surface area contributed by atoms with Crippen molar-refractivity contribution in [3.63, 3.8) is 0 Å². The number of rotatable bonds is 2. The van der Waals surface area contributed by atoms with Gasteiger partial charge >= 0.3 is 0 Å². The molecule has 0 bridgehead atoms. The van der Waals surface area contributed by atoms with Crippen molar-refractivity contribution in [3.8, 4) is 16.9 Å². The molecule has 0 radical (unpaired) electrons. The number of nitrogens with two attached hydrogens (primary N) is 1. The Morgan fingerprint density at radius 3 is 2.55 bits per heavy atom. The molecule has 0 aliphatic rings. The van der Waals surface area contributed by atoms with Gasteiger partial charge in [0.1, 0.15) is 11.6 Å². The number of hydrogen-bond acceptors (Lipinski definition) is 5. The van der Waals surface area contributed by atoms with Gasteiger partial charge < -0.3 is 10.8 Å². The molecule has 0 spiro atoms. The van der Waals surface area contributed by atoms with Gasteiger partial charge in [-0.2, -0.15) is 0 Å². The first-order valence-electron chi connectivity index (χ1n) is 6.86. The number of nitrogens with zero attached hydrogens (tertiary/aromatic N) is 3. The zero-order valence-electron chi connectivity index (χ0n) is 12.2. The van der Waals surface area contributed by atoms with Crippen LogP contribution in [0.2, 0.25) is 0 Å². The topological polar surface area (TPSA) is 84.9 Å². The van der Waals surface area contributed by atoms with E-state index in [0.29, 0.717) is 27.7 Å². The van der Waals surface area contributed by atoms with E-state index in [-0.39, 0.29) is 17.6 Å². The fourth-order valence-corrected chi connectivity index (χ4v) is 2.34. The Morgan fingerprint density at radius 1 is 1.09 bits per heavy atom. The minimum atomic E-state index is -0.445. The van der Waals surface area contributed by atoms with E-state index in [1.807, 2.05) is 13.8 Å². The van der Waals surface area contributed by atoms with Crippen molar-refractivity contribution in [2.24, 2.45) is 0 Å². The molecule has 0 atom stereocenters. The molecule has 5 nitrogen and oxygen atoms in total. The summed E-state index contributed by atoms with van der Waals surface area (Å²) in [6.45, 7) is 3.88. The molecule has 0 amide bonds. The van der Waals surface area contributed by atoms with E-state index in [0.717, 1.165) is 0 Å². The first-order valence-corrected chi connectivity index (χ1v) is 6.86. The van der Waals surface area contributed by atoms with Crippen molar-refractivity contribution in [2.75, 3.05) is 5.73 Å². The molecule has 0 aliphatic carbocycles. The largest absolute Gasteiger partial charge is 0.506 e. The van der Waals surface area contributed by atoms with Gasteiger partial charge in [0.25, 0.3) is 0 Å². The van der Waals surface area contributed by atoms with Crippen molar-refractivity contribution in [1.82, 2.24) is 15.0 Å². The molecule has 0 fully saturated rings. The SMILES string of the molecule is CC(C)c1ncc(-c2cc(F)c3cnc(N)nc3c2)cc1O. The Balaban J connectivity index is 2.16. The van der Waals surface area contributed by atoms with E-state index >= 15 is 0 Å². The number of hydrogen-bond donors (Lipinski definition) is 2. The van der Waals surface area contributed by atoms with E-state index in [9.17, 15) is 9.50 Å². The molecule has 2 aromatic heterocycles. The average Bonchev–Trinajstić information content (AvgIpc) is 2.46. The third kappa shape index (κ3) is 2.43. The maximum Gasteiger partial charge on any atom is 0.220 e. The minimum absolute atomic E-state index is 0.0835. The predicted molar refractivity (Wildman–Crippen MR) is 82.9 cm³/mol. The first kappa shape index (κ1) is 14.2. The second-order valence-electron chi connectivity index (χ2n) is 5.40. The monoisotopic (exact) mass is 298 g/mol. The second-order valence-corrected chi connectivity index (χ2v) is 5.40. The lowest BCUT2D eigenvalue weighted by atomic mass is 10.0. The lowest BCUT2D eigenvalue weighted by molar-refractivity contribution is 0.460. The Kier molecular flexibility index (Phi) is 3.36. The van der Waals surface area contributed by atoms with Crippen molar-refractivity contribution in [3.05, 3.63) is 42.1 Å². The summed E-state index contributed by atoms with van der Waals surface area (Å²) in [6, 6.07) is 4.64. The van der Waals surface area contributed by atoms with Gasteiger partial charge in [-0.3, -0.25) is 4.98 Å². The maximum atomic E-state index is 14.2. The Morgan fingerprint density at radius 2 is 1.86 bits per heavy atom. The summed E-state index contributed by atoms with van der Waals surface area (Å²) < 4.78 is 14.2. The summed E-state index contributed by atoms with van der Waals surface area (Å²) in [5, 5.41) is 10.3. The highest BCUT2D eigenvalue weighted by atomic mass is 19.1. The molecule has 2 heterocycles. The van der Waals surface area contributed by atoms with Gasteiger partial charge in [-0.25, -0.2) is 14.4 Å². The van der Waals surface area contributed by atoms with Crippen LogP contribution < -0.4 is 5.73 Å². The summed E-state index contributed by atoms with van der Waals surface area (Å²) in [5.41, 5.74) is 7.74. The summed E-state index contributed by atoms with van der Waals surface area (Å²) in [6.07, 6.45) is 2.97. The standard InChI is InChI=1S/C16H15FN4O/c1-8(2)15-14(22)5-10(6-19-15)9-3-12(17)11-7-20-16(18)21-13(11)4-9/h3-8,22H,1-2H3,(H2,18,20,21). The smallest absolute Gasteiger partial charge is 0.220 e. The highest BCUT2D eigenvalue weighted by Crippen LogP contribution is 2.30. The normalized spacial score (nSPS) is 11.3. The van der Waals surface area contributed by atoms with Gasteiger partial charge in [-0.15, -0.1) is 0 Å². The Labute approximate surface area is 126 Å². The number of halogens is 1. The maximum absolute atomic E-state index is 14.2. The summed E-state index contributed by atoms with van der Waals surface area (Å²) in [7, 11) is 0. The van der Waals surface area contributed by atoms with Gasteiger partial charge in [-0.1, -0.05) is 13.8 Å². The van der Waals surface area contributed by atoms with Crippen LogP contribution in [-0.4, -0.2) is 20.1 Å². The third-order valence-electron chi connectivity index (χ3n) is 3.45. The highest BCUT2D eigenvalue weighted by Gasteiger charge is 2.12. The zero-order valence-corrected chi connectivity index (χ0v) is 12.2. The zero-order chi connectivity index (χ0) is 15.9. The molecular weight excluding hydrogens is 283 g/mol. The van der Waals surface area contributed by atoms with Crippen LogP contribution in [0.5, 0.6) is 5.75 Å². The van der Waals surface area contributed by atoms with Crippen molar-refractivity contribution >= 4 is 16.9 Å². The molecule has 112 valence electrons. The summed E-state index contributed by atoms with van der Waals surface area (Å²) in [5.74, 6) is -0.162. The van der Waals surface area contributed by atoms with Crippen LogP contribution in [0.3, 0.4) is 0 Å². The fourth-order valence-electron chi connectivity index (χ4n) is 2.34. The van der Waals surface area contributed by atoms with Crippen LogP contribution in [0.25, 0.3) is 22.0 Å². The van der Waals surface area contributed by atoms with Gasteiger partial charge in [-0.05, 0) is 29.7 Å². The summed E-state index contributed by atoms with van der Waals surface area (Å²) >= 11 is 0. The average molecular weight is 298 g/mol. The first-order chi connectivity index (χ1) is 10.5. The molecule has 3 rings (SSSR count). The molecule has 0 saturated heterocycles. The van der Waals surface area contributed by atoms with E-state index in [1.54, 1.807) is 18.3 Å². The number of aromatic nitrogens is 3. The van der Waals surface area contributed by atoms with Crippen LogP contribution in [0.4, 0.5) is 10.3 Å². The summed E-state index contributed by atoms with van der Waals surface area (Å²) in [4.78, 5) is 12.1. The lowest BCUT2D eigenvalue weighted by Gasteiger charge is -2.10. The highest BCUT2D eigenvalue weighted by molar-refractivity contribution is 5.85. The molecule has 0 saturated carbocycles. The lowest BCUT2D eigenvalue weighted by Crippen LogP contribution is -1.97. The van der Waals surface area contributed by atoms with E-state index in [2.05, 4.69) is 15.0 Å². The minimum Gasteiger partial charge on any atom is -0.506 e. The molecule has 3 aromatic rings. The van der Waals surface area contributed by atoms with Crippen LogP contribution in [0.15, 0.2) is 30.6 Å². The fraction of sp³-hybridized carbons (Fsp3) is 0.188. The molecule has 6 heteroatoms. The predicted octanol–water partition coefficient (Wildman–Crippen LogP) is 3.24. The van der Waals surface area contributed by atoms with Crippen molar-refractivity contribution in [1.29, 1.82) is 0 Å². The van der Waals surface area contributed by atoms with Crippen molar-refractivity contribution in [2.45, 2.75) is 19.8 Å². The second kappa shape index (κ2) is 5.22. The van der Waals surface area contributed by atoms with Gasteiger partial charge in [0.15, 0.2) is 0 Å². The number of fused-ring (bicyclic) bond motifs is 1. The van der Waals surface area contributed by atoms with Gasteiger partial charge in [0, 0.05) is 18.0 Å². The van der Waals surface area contributed by atoms with E-state index in [1.165, 1.54) is 12.3 Å². The van der Waals surface area contributed by atoms with Crippen molar-refractivity contribution < 1.29 is 9.50 Å². The molecule has 0 unspecified atom stereocenters. The number of nitrogen functional groups attached to an aromatic ring is 1. The van der Waals surface area contributed by atoms with Crippen LogP contribution >= 0.6 is 0 Å². The number of aromatic hydroxyl groups is 1. The quantitative estimate of drug-likeness (QED) is 0.758. The number of pyridine rings is 1. The van der Waals surface area contributed by atoms with Crippen LogP contribution in [-0.2, 0) is 0 Å². The third-order valence-corrected chi connectivity index (χ3v) is 3.45. The molecule has 0 aliphatic heterocycles. The number of anilines is 1. The molecule has 1 aromatic carbocycles. The Bertz CT molecular complexity index is 864. The number of benzene rings is 1. The van der Waals surface area contributed by atoms with Crippen LogP contribution in [0, 0.1) is 5.82 Å². The van der Waals surface area contributed by atoms with E-state index < -0.39 is 5.82 Å².